The SMILES string of the molecule is CC(C)(C)OC(=O)CC(=O)Nc1ccc(NC(=O)OC(C)(C)C)cc1. The summed E-state index contributed by atoms with van der Waals surface area (Å²) in [5, 5.41) is 5.18. The largest absolute Gasteiger partial charge is 0.460 e. The highest BCUT2D eigenvalue weighted by Crippen LogP contribution is 2.16. The Labute approximate surface area is 148 Å². The minimum absolute atomic E-state index is 0.366. The number of ether oxygens (including phenoxy) is 2. The molecule has 2 N–H and O–H groups in total. The monoisotopic (exact) mass is 350 g/mol. The van der Waals surface area contributed by atoms with Crippen LogP contribution in [0.3, 0.4) is 0 Å². The standard InChI is InChI=1S/C18H26N2O5/c1-17(2,3)24-15(22)11-14(21)19-12-7-9-13(10-8-12)20-16(23)25-18(4,5)6/h7-10H,11H2,1-6H3,(H,19,21)(H,20,23). The first-order valence-corrected chi connectivity index (χ1v) is 7.96. The van der Waals surface area contributed by atoms with E-state index in [1.807, 2.05) is 0 Å². The van der Waals surface area contributed by atoms with Crippen molar-refractivity contribution in [2.45, 2.75) is 59.2 Å². The Kier molecular flexibility index (Phi) is 6.55. The number of nitrogens with one attached hydrogen (secondary N) is 2. The summed E-state index contributed by atoms with van der Waals surface area (Å²) in [4.78, 5) is 35.1. The summed E-state index contributed by atoms with van der Waals surface area (Å²) in [7, 11) is 0. The predicted molar refractivity (Wildman–Crippen MR) is 95.4 cm³/mol. The molecule has 0 atom stereocenters. The second-order valence-electron chi connectivity index (χ2n) is 7.52. The lowest BCUT2D eigenvalue weighted by Gasteiger charge is -2.20. The van der Waals surface area contributed by atoms with Crippen LogP contribution in [0.4, 0.5) is 16.2 Å². The molecule has 0 unspecified atom stereocenters. The van der Waals surface area contributed by atoms with E-state index in [0.29, 0.717) is 11.4 Å². The lowest BCUT2D eigenvalue weighted by molar-refractivity contribution is -0.155. The lowest BCUT2D eigenvalue weighted by Crippen LogP contribution is -2.27. The maximum Gasteiger partial charge on any atom is 0.412 e. The molecule has 7 nitrogen and oxygen atoms in total. The highest BCUT2D eigenvalue weighted by atomic mass is 16.6. The maximum atomic E-state index is 11.8. The van der Waals surface area contributed by atoms with Gasteiger partial charge in [-0.15, -0.1) is 0 Å². The third kappa shape index (κ3) is 9.34. The summed E-state index contributed by atoms with van der Waals surface area (Å²) in [5.74, 6) is -1.06. The molecule has 0 bridgehead atoms. The second kappa shape index (κ2) is 8.00. The molecule has 0 heterocycles. The summed E-state index contributed by atoms with van der Waals surface area (Å²) in [6.45, 7) is 10.5. The Balaban J connectivity index is 2.52. The smallest absolute Gasteiger partial charge is 0.412 e. The van der Waals surface area contributed by atoms with E-state index in [4.69, 9.17) is 9.47 Å². The number of carbonyl (C=O) groups excluding carboxylic acids is 3. The molecule has 1 aromatic carbocycles. The van der Waals surface area contributed by atoms with Crippen LogP contribution in [-0.2, 0) is 19.1 Å². The average Bonchev–Trinajstić information content (AvgIpc) is 2.36. The molecule has 0 fully saturated rings. The fourth-order valence-corrected chi connectivity index (χ4v) is 1.77. The van der Waals surface area contributed by atoms with E-state index in [1.165, 1.54) is 0 Å². The lowest BCUT2D eigenvalue weighted by atomic mass is 10.2. The number of hydrogen-bond acceptors (Lipinski definition) is 5. The van der Waals surface area contributed by atoms with Crippen LogP contribution in [0.2, 0.25) is 0 Å². The van der Waals surface area contributed by atoms with E-state index in [9.17, 15) is 14.4 Å². The second-order valence-corrected chi connectivity index (χ2v) is 7.52. The number of hydrogen-bond donors (Lipinski definition) is 2. The zero-order valence-electron chi connectivity index (χ0n) is 15.6. The maximum absolute atomic E-state index is 11.8. The molecule has 0 aromatic heterocycles. The zero-order valence-corrected chi connectivity index (χ0v) is 15.6. The Bertz CT molecular complexity index is 624. The minimum atomic E-state index is -0.633. The quantitative estimate of drug-likeness (QED) is 0.638. The van der Waals surface area contributed by atoms with E-state index in [1.54, 1.807) is 65.8 Å². The molecule has 0 saturated carbocycles. The molecule has 7 heteroatoms. The Hall–Kier alpha value is -2.57. The first-order valence-electron chi connectivity index (χ1n) is 7.96. The zero-order chi connectivity index (χ0) is 19.3. The van der Waals surface area contributed by atoms with Crippen LogP contribution >= 0.6 is 0 Å². The topological polar surface area (TPSA) is 93.7 Å². The van der Waals surface area contributed by atoms with Gasteiger partial charge < -0.3 is 14.8 Å². The molecular weight excluding hydrogens is 324 g/mol. The van der Waals surface area contributed by atoms with Crippen molar-refractivity contribution >= 4 is 29.3 Å². The molecule has 0 radical (unpaired) electrons. The number of carbonyl (C=O) groups is 3. The molecule has 0 aliphatic heterocycles. The molecule has 0 aliphatic rings. The van der Waals surface area contributed by atoms with Crippen LogP contribution in [0.15, 0.2) is 24.3 Å². The molecule has 0 aliphatic carbocycles. The van der Waals surface area contributed by atoms with Crippen molar-refractivity contribution in [1.82, 2.24) is 0 Å². The molecule has 2 amide bonds. The van der Waals surface area contributed by atoms with Crippen LogP contribution in [0.25, 0.3) is 0 Å². The third-order valence-corrected chi connectivity index (χ3v) is 2.54. The number of amides is 2. The van der Waals surface area contributed by atoms with Gasteiger partial charge in [-0.05, 0) is 65.8 Å². The Morgan fingerprint density at radius 2 is 1.24 bits per heavy atom. The molecule has 138 valence electrons. The molecule has 1 rings (SSSR count). The van der Waals surface area contributed by atoms with E-state index in [2.05, 4.69) is 10.6 Å². The van der Waals surface area contributed by atoms with Crippen LogP contribution < -0.4 is 10.6 Å². The van der Waals surface area contributed by atoms with Gasteiger partial charge in [0.1, 0.15) is 17.6 Å². The van der Waals surface area contributed by atoms with Gasteiger partial charge in [-0.1, -0.05) is 0 Å². The molecular formula is C18H26N2O5. The van der Waals surface area contributed by atoms with Crippen LogP contribution in [0.5, 0.6) is 0 Å². The van der Waals surface area contributed by atoms with Gasteiger partial charge in [-0.3, -0.25) is 14.9 Å². The summed E-state index contributed by atoms with van der Waals surface area (Å²) >= 11 is 0. The predicted octanol–water partition coefficient (Wildman–Crippen LogP) is 3.70. The van der Waals surface area contributed by atoms with Crippen molar-refractivity contribution in [1.29, 1.82) is 0 Å². The van der Waals surface area contributed by atoms with Gasteiger partial charge in [0.05, 0.1) is 0 Å². The van der Waals surface area contributed by atoms with E-state index < -0.39 is 29.2 Å². The van der Waals surface area contributed by atoms with Crippen LogP contribution in [0.1, 0.15) is 48.0 Å². The van der Waals surface area contributed by atoms with E-state index >= 15 is 0 Å². The highest BCUT2D eigenvalue weighted by Gasteiger charge is 2.19. The van der Waals surface area contributed by atoms with E-state index in [0.717, 1.165) is 0 Å². The summed E-state index contributed by atoms with van der Waals surface area (Å²) in [6, 6.07) is 6.46. The molecule has 0 saturated heterocycles. The van der Waals surface area contributed by atoms with Crippen molar-refractivity contribution in [2.75, 3.05) is 10.6 Å². The molecule has 25 heavy (non-hydrogen) atoms. The Morgan fingerprint density at radius 1 is 0.800 bits per heavy atom. The number of rotatable bonds is 4. The third-order valence-electron chi connectivity index (χ3n) is 2.54. The first kappa shape index (κ1) is 20.5. The van der Waals surface area contributed by atoms with Gasteiger partial charge in [0, 0.05) is 11.4 Å². The van der Waals surface area contributed by atoms with E-state index in [-0.39, 0.29) is 6.42 Å². The van der Waals surface area contributed by atoms with Gasteiger partial charge in [0.25, 0.3) is 0 Å². The Morgan fingerprint density at radius 3 is 1.68 bits per heavy atom. The fraction of sp³-hybridized carbons (Fsp3) is 0.500. The van der Waals surface area contributed by atoms with Gasteiger partial charge >= 0.3 is 12.1 Å². The van der Waals surface area contributed by atoms with Crippen molar-refractivity contribution in [3.05, 3.63) is 24.3 Å². The van der Waals surface area contributed by atoms with Gasteiger partial charge in [0.2, 0.25) is 5.91 Å². The van der Waals surface area contributed by atoms with Crippen molar-refractivity contribution in [2.24, 2.45) is 0 Å². The number of anilines is 2. The summed E-state index contributed by atoms with van der Waals surface area (Å²) < 4.78 is 10.2. The summed E-state index contributed by atoms with van der Waals surface area (Å²) in [5.41, 5.74) is -0.186. The fourth-order valence-electron chi connectivity index (χ4n) is 1.77. The van der Waals surface area contributed by atoms with Crippen molar-refractivity contribution in [3.63, 3.8) is 0 Å². The molecule has 1 aromatic rings. The molecule has 0 spiro atoms. The van der Waals surface area contributed by atoms with Gasteiger partial charge in [0.15, 0.2) is 0 Å². The number of esters is 1. The van der Waals surface area contributed by atoms with Crippen LogP contribution in [0, 0.1) is 0 Å². The number of benzene rings is 1. The van der Waals surface area contributed by atoms with Gasteiger partial charge in [-0.25, -0.2) is 4.79 Å². The van der Waals surface area contributed by atoms with Crippen molar-refractivity contribution < 1.29 is 23.9 Å². The van der Waals surface area contributed by atoms with Crippen molar-refractivity contribution in [3.8, 4) is 0 Å². The average molecular weight is 350 g/mol. The normalized spacial score (nSPS) is 11.4. The van der Waals surface area contributed by atoms with Gasteiger partial charge in [-0.2, -0.15) is 0 Å². The van der Waals surface area contributed by atoms with Crippen LogP contribution in [-0.4, -0.2) is 29.2 Å². The summed E-state index contributed by atoms with van der Waals surface area (Å²) in [6.07, 6.45) is -0.927. The minimum Gasteiger partial charge on any atom is -0.460 e. The first-order chi connectivity index (χ1) is 11.3. The highest BCUT2D eigenvalue weighted by molar-refractivity contribution is 6.02.